The van der Waals surface area contributed by atoms with E-state index in [1.165, 1.54) is 24.2 Å². The van der Waals surface area contributed by atoms with Crippen molar-refractivity contribution in [1.29, 1.82) is 0 Å². The number of halogens is 1. The predicted octanol–water partition coefficient (Wildman–Crippen LogP) is 3.37. The molecule has 17 heavy (non-hydrogen) atoms. The van der Waals surface area contributed by atoms with Crippen molar-refractivity contribution in [2.24, 2.45) is 5.92 Å². The molecule has 0 bridgehead atoms. The van der Waals surface area contributed by atoms with Crippen LogP contribution in [-0.4, -0.2) is 14.5 Å². The van der Waals surface area contributed by atoms with Crippen LogP contribution in [0.15, 0.2) is 20.1 Å². The van der Waals surface area contributed by atoms with Gasteiger partial charge in [0, 0.05) is 10.5 Å². The summed E-state index contributed by atoms with van der Waals surface area (Å²) in [6.07, 6.45) is 4.32. The van der Waals surface area contributed by atoms with E-state index in [-0.39, 0.29) is 6.04 Å². The van der Waals surface area contributed by atoms with Gasteiger partial charge in [0.05, 0.1) is 0 Å². The fourth-order valence-corrected chi connectivity index (χ4v) is 5.48. The zero-order valence-electron chi connectivity index (χ0n) is 9.65. The fraction of sp³-hybridized carbons (Fsp3) is 0.636. The topological polar surface area (TPSA) is 46.2 Å². The van der Waals surface area contributed by atoms with E-state index in [0.717, 1.165) is 18.8 Å². The fourth-order valence-electron chi connectivity index (χ4n) is 1.80. The molecule has 0 saturated heterocycles. The summed E-state index contributed by atoms with van der Waals surface area (Å²) in [5.41, 5.74) is 0. The van der Waals surface area contributed by atoms with E-state index in [9.17, 15) is 8.42 Å². The van der Waals surface area contributed by atoms with Crippen molar-refractivity contribution in [1.82, 2.24) is 4.72 Å². The standard InChI is InChI=1S/C11H16BrNO2S2/c1-2-9(7-8-3-4-8)13-17(14,15)11-10(12)5-6-16-11/h5-6,8-9,13H,2-4,7H2,1H3. The third kappa shape index (κ3) is 3.53. The number of thiophene rings is 1. The van der Waals surface area contributed by atoms with Crippen LogP contribution >= 0.6 is 27.3 Å². The largest absolute Gasteiger partial charge is 0.251 e. The molecule has 1 aromatic rings. The van der Waals surface area contributed by atoms with Crippen LogP contribution in [0.4, 0.5) is 0 Å². The highest BCUT2D eigenvalue weighted by atomic mass is 79.9. The maximum absolute atomic E-state index is 12.2. The minimum atomic E-state index is -3.36. The summed E-state index contributed by atoms with van der Waals surface area (Å²) in [5.74, 6) is 0.731. The second kappa shape index (κ2) is 5.38. The van der Waals surface area contributed by atoms with Crippen LogP contribution in [0.3, 0.4) is 0 Å². The van der Waals surface area contributed by atoms with Crippen molar-refractivity contribution in [2.75, 3.05) is 0 Å². The lowest BCUT2D eigenvalue weighted by Crippen LogP contribution is -2.34. The van der Waals surface area contributed by atoms with Crippen molar-refractivity contribution >= 4 is 37.3 Å². The van der Waals surface area contributed by atoms with Gasteiger partial charge >= 0.3 is 0 Å². The van der Waals surface area contributed by atoms with E-state index < -0.39 is 10.0 Å². The summed E-state index contributed by atoms with van der Waals surface area (Å²) < 4.78 is 28.2. The van der Waals surface area contributed by atoms with Crippen molar-refractivity contribution < 1.29 is 8.42 Å². The van der Waals surface area contributed by atoms with Crippen molar-refractivity contribution in [3.05, 3.63) is 15.9 Å². The van der Waals surface area contributed by atoms with E-state index in [0.29, 0.717) is 8.68 Å². The first-order valence-electron chi connectivity index (χ1n) is 5.78. The quantitative estimate of drug-likeness (QED) is 0.864. The lowest BCUT2D eigenvalue weighted by atomic mass is 10.1. The van der Waals surface area contributed by atoms with Gasteiger partial charge in [0.2, 0.25) is 0 Å². The molecule has 96 valence electrons. The molecule has 1 fully saturated rings. The molecule has 3 nitrogen and oxygen atoms in total. The minimum absolute atomic E-state index is 0.0708. The number of hydrogen-bond donors (Lipinski definition) is 1. The molecule has 1 heterocycles. The van der Waals surface area contributed by atoms with Crippen LogP contribution in [0.25, 0.3) is 0 Å². The molecule has 6 heteroatoms. The SMILES string of the molecule is CCC(CC1CC1)NS(=O)(=O)c1sccc1Br. The highest BCUT2D eigenvalue weighted by Gasteiger charge is 2.28. The second-order valence-corrected chi connectivity index (χ2v) is 8.14. The van der Waals surface area contributed by atoms with Crippen LogP contribution < -0.4 is 4.72 Å². The second-order valence-electron chi connectivity index (χ2n) is 4.46. The summed E-state index contributed by atoms with van der Waals surface area (Å²) in [6, 6.07) is 1.84. The molecule has 1 saturated carbocycles. The lowest BCUT2D eigenvalue weighted by Gasteiger charge is -2.16. The molecule has 0 aromatic carbocycles. The maximum atomic E-state index is 12.2. The Morgan fingerprint density at radius 1 is 1.59 bits per heavy atom. The van der Waals surface area contributed by atoms with Gasteiger partial charge in [0.15, 0.2) is 0 Å². The summed E-state index contributed by atoms with van der Waals surface area (Å²) >= 11 is 4.51. The van der Waals surface area contributed by atoms with Gasteiger partial charge in [-0.15, -0.1) is 11.3 Å². The summed E-state index contributed by atoms with van der Waals surface area (Å²) in [5, 5.41) is 1.78. The van der Waals surface area contributed by atoms with Crippen LogP contribution in [0.1, 0.15) is 32.6 Å². The van der Waals surface area contributed by atoms with E-state index in [2.05, 4.69) is 20.7 Å². The van der Waals surface area contributed by atoms with E-state index >= 15 is 0 Å². The van der Waals surface area contributed by atoms with Gasteiger partial charge in [-0.3, -0.25) is 0 Å². The third-order valence-electron chi connectivity index (χ3n) is 2.96. The molecular formula is C11H16BrNO2S2. The molecule has 1 aliphatic carbocycles. The average molecular weight is 338 g/mol. The summed E-state index contributed by atoms with van der Waals surface area (Å²) in [7, 11) is -3.36. The summed E-state index contributed by atoms with van der Waals surface area (Å²) in [6.45, 7) is 2.03. The highest BCUT2D eigenvalue weighted by molar-refractivity contribution is 9.10. The first kappa shape index (κ1) is 13.5. The monoisotopic (exact) mass is 337 g/mol. The Morgan fingerprint density at radius 3 is 2.76 bits per heavy atom. The normalized spacial score (nSPS) is 18.2. The van der Waals surface area contributed by atoms with E-state index in [1.54, 1.807) is 11.4 Å². The Morgan fingerprint density at radius 2 is 2.29 bits per heavy atom. The number of rotatable bonds is 6. The summed E-state index contributed by atoms with van der Waals surface area (Å²) in [4.78, 5) is 0. The molecule has 1 N–H and O–H groups in total. The van der Waals surface area contributed by atoms with Crippen molar-refractivity contribution in [2.45, 2.75) is 42.9 Å². The van der Waals surface area contributed by atoms with Gasteiger partial charge in [-0.25, -0.2) is 13.1 Å². The minimum Gasteiger partial charge on any atom is -0.207 e. The molecule has 1 aliphatic rings. The molecule has 1 aromatic heterocycles. The van der Waals surface area contributed by atoms with Gasteiger partial charge < -0.3 is 0 Å². The lowest BCUT2D eigenvalue weighted by molar-refractivity contribution is 0.496. The number of sulfonamides is 1. The zero-order valence-corrected chi connectivity index (χ0v) is 12.9. The number of nitrogens with one attached hydrogen (secondary N) is 1. The van der Waals surface area contributed by atoms with E-state index in [1.807, 2.05) is 6.92 Å². The Kier molecular flexibility index (Phi) is 4.28. The molecule has 1 atom stereocenters. The number of hydrogen-bond acceptors (Lipinski definition) is 3. The Hall–Kier alpha value is 0.0900. The van der Waals surface area contributed by atoms with Gasteiger partial charge in [0.1, 0.15) is 4.21 Å². The molecule has 0 aliphatic heterocycles. The van der Waals surface area contributed by atoms with Crippen molar-refractivity contribution in [3.63, 3.8) is 0 Å². The molecule has 0 spiro atoms. The molecule has 0 radical (unpaired) electrons. The smallest absolute Gasteiger partial charge is 0.207 e. The molecule has 2 rings (SSSR count). The average Bonchev–Trinajstić information content (AvgIpc) is 2.96. The van der Waals surface area contributed by atoms with Gasteiger partial charge in [0.25, 0.3) is 10.0 Å². The third-order valence-corrected chi connectivity index (χ3v) is 7.15. The Bertz CT molecular complexity index is 479. The molecule has 0 amide bonds. The molecular weight excluding hydrogens is 322 g/mol. The van der Waals surface area contributed by atoms with Gasteiger partial charge in [-0.1, -0.05) is 19.8 Å². The first-order valence-corrected chi connectivity index (χ1v) is 8.94. The maximum Gasteiger partial charge on any atom is 0.251 e. The molecule has 1 unspecified atom stereocenters. The van der Waals surface area contributed by atoms with Crippen LogP contribution in [-0.2, 0) is 10.0 Å². The van der Waals surface area contributed by atoms with Gasteiger partial charge in [-0.05, 0) is 46.1 Å². The van der Waals surface area contributed by atoms with Gasteiger partial charge in [-0.2, -0.15) is 0 Å². The Balaban J connectivity index is 2.07. The van der Waals surface area contributed by atoms with Crippen molar-refractivity contribution in [3.8, 4) is 0 Å². The van der Waals surface area contributed by atoms with E-state index in [4.69, 9.17) is 0 Å². The first-order chi connectivity index (χ1) is 8.03. The van der Waals surface area contributed by atoms with Crippen LogP contribution in [0.5, 0.6) is 0 Å². The van der Waals surface area contributed by atoms with Crippen LogP contribution in [0.2, 0.25) is 0 Å². The Labute approximate surface area is 115 Å². The predicted molar refractivity (Wildman–Crippen MR) is 73.8 cm³/mol. The highest BCUT2D eigenvalue weighted by Crippen LogP contribution is 2.35. The zero-order chi connectivity index (χ0) is 12.5. The van der Waals surface area contributed by atoms with Crippen LogP contribution in [0, 0.1) is 5.92 Å².